The maximum Gasteiger partial charge on any atom is 0.223 e. The number of carbonyl (C=O) groups is 1. The van der Waals surface area contributed by atoms with Crippen LogP contribution < -0.4 is 15.4 Å². The summed E-state index contributed by atoms with van der Waals surface area (Å²) >= 11 is 0. The van der Waals surface area contributed by atoms with Crippen molar-refractivity contribution in [2.45, 2.75) is 14.4 Å². The van der Waals surface area contributed by atoms with Gasteiger partial charge < -0.3 is 15.4 Å². The summed E-state index contributed by atoms with van der Waals surface area (Å²) in [5.74, 6) is 0.823. The number of ether oxygens (including phenoxy) is 1. The van der Waals surface area contributed by atoms with Crippen molar-refractivity contribution in [3.05, 3.63) is 36.4 Å². The number of hydrogen-bond donors (Lipinski definition) is 1. The van der Waals surface area contributed by atoms with E-state index in [1.807, 2.05) is 36.4 Å². The van der Waals surface area contributed by atoms with Gasteiger partial charge in [-0.25, -0.2) is 0 Å². The highest BCUT2D eigenvalue weighted by Crippen LogP contribution is 2.25. The zero-order valence-corrected chi connectivity index (χ0v) is 11.2. The Hall–Kier alpha value is -2.07. The molecule has 2 rings (SSSR count). The lowest BCUT2D eigenvalue weighted by atomic mass is 10.1. The lowest BCUT2D eigenvalue weighted by molar-refractivity contribution is -0.116. The third-order valence-corrected chi connectivity index (χ3v) is 3.08. The summed E-state index contributed by atoms with van der Waals surface area (Å²) in [7, 11) is 1.65. The average Bonchev–Trinajstić information content (AvgIpc) is 2.43. The van der Waals surface area contributed by atoms with E-state index in [1.165, 1.54) is 0 Å². The molecule has 0 saturated heterocycles. The minimum Gasteiger partial charge on any atom is -0.497 e. The van der Waals surface area contributed by atoms with Crippen LogP contribution in [0.2, 0.25) is 0 Å². The van der Waals surface area contributed by atoms with Crippen molar-refractivity contribution in [2.75, 3.05) is 25.1 Å². The molecule has 0 bridgehead atoms. The van der Waals surface area contributed by atoms with Crippen LogP contribution in [0.5, 0.6) is 5.75 Å². The molecule has 0 aromatic heterocycles. The largest absolute Gasteiger partial charge is 0.497 e. The van der Waals surface area contributed by atoms with Crippen LogP contribution in [-0.4, -0.2) is 26.1 Å². The number of amides is 1. The standard InChI is InChI=1S/C15H18N2O2.CH4/c1-11(18)17(8-7-16)14-5-3-13-10-15(19-2)6-4-12(13)9-14;/h3-6,9-10H,7-8,16H2,1-2H3;1H4. The first kappa shape index (κ1) is 16.0. The molecule has 0 atom stereocenters. The van der Waals surface area contributed by atoms with E-state index in [1.54, 1.807) is 18.9 Å². The van der Waals surface area contributed by atoms with Gasteiger partial charge in [0.15, 0.2) is 0 Å². The van der Waals surface area contributed by atoms with Gasteiger partial charge in [-0.3, -0.25) is 4.79 Å². The summed E-state index contributed by atoms with van der Waals surface area (Å²) in [4.78, 5) is 13.3. The first-order valence-corrected chi connectivity index (χ1v) is 6.21. The summed E-state index contributed by atoms with van der Waals surface area (Å²) in [5.41, 5.74) is 6.42. The van der Waals surface area contributed by atoms with Crippen LogP contribution in [-0.2, 0) is 4.79 Å². The van der Waals surface area contributed by atoms with Crippen molar-refractivity contribution in [1.82, 2.24) is 0 Å². The van der Waals surface area contributed by atoms with E-state index in [2.05, 4.69) is 0 Å². The van der Waals surface area contributed by atoms with Crippen LogP contribution in [0.25, 0.3) is 10.8 Å². The van der Waals surface area contributed by atoms with E-state index < -0.39 is 0 Å². The molecule has 0 saturated carbocycles. The molecule has 2 N–H and O–H groups in total. The fourth-order valence-corrected chi connectivity index (χ4v) is 2.10. The Balaban J connectivity index is 0.00000200. The normalized spacial score (nSPS) is 9.95. The summed E-state index contributed by atoms with van der Waals surface area (Å²) in [6.45, 7) is 2.52. The van der Waals surface area contributed by atoms with Crippen LogP contribution >= 0.6 is 0 Å². The predicted octanol–water partition coefficient (Wildman–Crippen LogP) is 2.80. The predicted molar refractivity (Wildman–Crippen MR) is 84.3 cm³/mol. The van der Waals surface area contributed by atoms with Gasteiger partial charge in [-0.2, -0.15) is 0 Å². The van der Waals surface area contributed by atoms with Gasteiger partial charge in [0.05, 0.1) is 7.11 Å². The summed E-state index contributed by atoms with van der Waals surface area (Å²) in [6.07, 6.45) is 0. The highest BCUT2D eigenvalue weighted by Gasteiger charge is 2.10. The second kappa shape index (κ2) is 6.91. The van der Waals surface area contributed by atoms with Crippen molar-refractivity contribution in [3.63, 3.8) is 0 Å². The molecule has 2 aromatic rings. The molecular weight excluding hydrogens is 252 g/mol. The maximum absolute atomic E-state index is 11.6. The third-order valence-electron chi connectivity index (χ3n) is 3.08. The van der Waals surface area contributed by atoms with E-state index in [-0.39, 0.29) is 13.3 Å². The van der Waals surface area contributed by atoms with E-state index in [0.29, 0.717) is 13.1 Å². The first-order valence-electron chi connectivity index (χ1n) is 6.21. The molecule has 108 valence electrons. The number of rotatable bonds is 4. The van der Waals surface area contributed by atoms with E-state index in [4.69, 9.17) is 10.5 Å². The Kier molecular flexibility index (Phi) is 5.53. The molecule has 0 spiro atoms. The zero-order valence-electron chi connectivity index (χ0n) is 11.2. The highest BCUT2D eigenvalue weighted by atomic mass is 16.5. The quantitative estimate of drug-likeness (QED) is 0.932. The van der Waals surface area contributed by atoms with Gasteiger partial charge in [-0.05, 0) is 35.0 Å². The number of nitrogens with two attached hydrogens (primary N) is 1. The Morgan fingerprint density at radius 3 is 2.45 bits per heavy atom. The molecule has 4 nitrogen and oxygen atoms in total. The maximum atomic E-state index is 11.6. The number of anilines is 1. The van der Waals surface area contributed by atoms with Crippen molar-refractivity contribution in [2.24, 2.45) is 5.73 Å². The molecule has 2 aromatic carbocycles. The molecule has 0 heterocycles. The monoisotopic (exact) mass is 274 g/mol. The highest BCUT2D eigenvalue weighted by molar-refractivity contribution is 5.95. The van der Waals surface area contributed by atoms with Crippen molar-refractivity contribution < 1.29 is 9.53 Å². The Labute approximate surface area is 120 Å². The van der Waals surface area contributed by atoms with Gasteiger partial charge in [0.25, 0.3) is 0 Å². The Bertz CT molecular complexity index is 596. The summed E-state index contributed by atoms with van der Waals surface area (Å²) < 4.78 is 5.20. The molecule has 0 aliphatic carbocycles. The number of carbonyl (C=O) groups excluding carboxylic acids is 1. The Morgan fingerprint density at radius 1 is 1.20 bits per heavy atom. The van der Waals surface area contributed by atoms with Gasteiger partial charge >= 0.3 is 0 Å². The minimum absolute atomic E-state index is 0. The molecule has 4 heteroatoms. The molecule has 1 amide bonds. The van der Waals surface area contributed by atoms with E-state index >= 15 is 0 Å². The summed E-state index contributed by atoms with van der Waals surface area (Å²) in [5, 5.41) is 2.15. The fraction of sp³-hybridized carbons (Fsp3) is 0.312. The van der Waals surface area contributed by atoms with Crippen LogP contribution in [0, 0.1) is 0 Å². The number of nitrogens with zero attached hydrogens (tertiary/aromatic N) is 1. The smallest absolute Gasteiger partial charge is 0.223 e. The van der Waals surface area contributed by atoms with Crippen molar-refractivity contribution in [3.8, 4) is 5.75 Å². The van der Waals surface area contributed by atoms with Crippen LogP contribution in [0.15, 0.2) is 36.4 Å². The SMILES string of the molecule is C.COc1ccc2cc(N(CCN)C(C)=O)ccc2c1. The number of fused-ring (bicyclic) bond motifs is 1. The van der Waals surface area contributed by atoms with Crippen LogP contribution in [0.3, 0.4) is 0 Å². The van der Waals surface area contributed by atoms with Crippen LogP contribution in [0.1, 0.15) is 14.4 Å². The van der Waals surface area contributed by atoms with E-state index in [9.17, 15) is 4.79 Å². The molecule has 0 fully saturated rings. The van der Waals surface area contributed by atoms with E-state index in [0.717, 1.165) is 22.2 Å². The average molecular weight is 274 g/mol. The molecule has 0 unspecified atom stereocenters. The molecule has 0 aliphatic rings. The molecule has 0 aliphatic heterocycles. The number of hydrogen-bond acceptors (Lipinski definition) is 3. The van der Waals surface area contributed by atoms with Crippen molar-refractivity contribution in [1.29, 1.82) is 0 Å². The second-order valence-electron chi connectivity index (χ2n) is 4.36. The lowest BCUT2D eigenvalue weighted by Crippen LogP contribution is -2.33. The minimum atomic E-state index is -0.00156. The van der Waals surface area contributed by atoms with Gasteiger partial charge in [-0.1, -0.05) is 19.6 Å². The number of benzene rings is 2. The molecule has 0 radical (unpaired) electrons. The summed E-state index contributed by atoms with van der Waals surface area (Å²) in [6, 6.07) is 11.8. The van der Waals surface area contributed by atoms with Crippen molar-refractivity contribution >= 4 is 22.4 Å². The zero-order chi connectivity index (χ0) is 13.8. The van der Waals surface area contributed by atoms with Gasteiger partial charge in [0.1, 0.15) is 5.75 Å². The third kappa shape index (κ3) is 3.27. The van der Waals surface area contributed by atoms with Gasteiger partial charge in [-0.15, -0.1) is 0 Å². The second-order valence-corrected chi connectivity index (χ2v) is 4.36. The first-order chi connectivity index (χ1) is 9.15. The van der Waals surface area contributed by atoms with Crippen LogP contribution in [0.4, 0.5) is 5.69 Å². The lowest BCUT2D eigenvalue weighted by Gasteiger charge is -2.20. The molecule has 20 heavy (non-hydrogen) atoms. The van der Waals surface area contributed by atoms with Gasteiger partial charge in [0, 0.05) is 25.7 Å². The fourth-order valence-electron chi connectivity index (χ4n) is 2.10. The topological polar surface area (TPSA) is 55.6 Å². The van der Waals surface area contributed by atoms with Gasteiger partial charge in [0.2, 0.25) is 5.91 Å². The molecular formula is C16H22N2O2. The number of methoxy groups -OCH3 is 1. The Morgan fingerprint density at radius 2 is 1.85 bits per heavy atom.